The van der Waals surface area contributed by atoms with E-state index in [1.54, 1.807) is 6.92 Å². The second-order valence-electron chi connectivity index (χ2n) is 4.34. The zero-order chi connectivity index (χ0) is 14.7. The zero-order valence-electron chi connectivity index (χ0n) is 10.7. The van der Waals surface area contributed by atoms with Gasteiger partial charge in [-0.3, -0.25) is 4.90 Å². The summed E-state index contributed by atoms with van der Waals surface area (Å²) >= 11 is 0. The Hall–Kier alpha value is -2.50. The molecule has 0 bridgehead atoms. The molecule has 0 saturated carbocycles. The van der Waals surface area contributed by atoms with Gasteiger partial charge in [0.05, 0.1) is 0 Å². The fourth-order valence-corrected chi connectivity index (χ4v) is 1.85. The first-order valence-electron chi connectivity index (χ1n) is 5.76. The number of nitrogens with zero attached hydrogens (tertiary/aromatic N) is 7. The van der Waals surface area contributed by atoms with Gasteiger partial charge in [-0.1, -0.05) is 10.3 Å². The molecule has 0 N–H and O–H groups in total. The summed E-state index contributed by atoms with van der Waals surface area (Å²) in [6.07, 6.45) is 0. The Balaban J connectivity index is 2.12. The Labute approximate surface area is 112 Å². The SMILES string of the molecule is Cc1nonc1CN1CN([N+](=O)[O-])CCN([N+](=O)[O-])C1. The number of rotatable bonds is 4. The highest BCUT2D eigenvalue weighted by molar-refractivity contribution is 5.04. The molecule has 2 heterocycles. The van der Waals surface area contributed by atoms with E-state index in [-0.39, 0.29) is 33.0 Å². The van der Waals surface area contributed by atoms with Crippen molar-refractivity contribution < 1.29 is 14.7 Å². The third kappa shape index (κ3) is 3.09. The molecule has 0 aliphatic carbocycles. The van der Waals surface area contributed by atoms with Crippen molar-refractivity contribution in [3.8, 4) is 0 Å². The van der Waals surface area contributed by atoms with Gasteiger partial charge >= 0.3 is 0 Å². The molecule has 0 aromatic carbocycles. The van der Waals surface area contributed by atoms with Crippen LogP contribution in [0, 0.1) is 27.2 Å². The molecule has 2 rings (SSSR count). The normalized spacial score (nSPS) is 17.1. The lowest BCUT2D eigenvalue weighted by atomic mass is 10.3. The number of aromatic nitrogens is 2. The van der Waals surface area contributed by atoms with Gasteiger partial charge in [-0.25, -0.2) is 24.9 Å². The van der Waals surface area contributed by atoms with Crippen LogP contribution in [0.1, 0.15) is 11.4 Å². The second kappa shape index (κ2) is 5.64. The van der Waals surface area contributed by atoms with E-state index in [9.17, 15) is 20.2 Å². The average molecular weight is 287 g/mol. The quantitative estimate of drug-likeness (QED) is 0.506. The van der Waals surface area contributed by atoms with Gasteiger partial charge < -0.3 is 0 Å². The summed E-state index contributed by atoms with van der Waals surface area (Å²) in [6.45, 7) is 1.73. The summed E-state index contributed by atoms with van der Waals surface area (Å²) in [7, 11) is 0. The summed E-state index contributed by atoms with van der Waals surface area (Å²) in [6, 6.07) is 0. The fourth-order valence-electron chi connectivity index (χ4n) is 1.85. The topological polar surface area (TPSA) is 135 Å². The van der Waals surface area contributed by atoms with Crippen molar-refractivity contribution in [3.05, 3.63) is 31.6 Å². The average Bonchev–Trinajstić information content (AvgIpc) is 2.64. The van der Waals surface area contributed by atoms with Crippen LogP contribution in [0.25, 0.3) is 0 Å². The van der Waals surface area contributed by atoms with E-state index >= 15 is 0 Å². The lowest BCUT2D eigenvalue weighted by molar-refractivity contribution is -0.666. The van der Waals surface area contributed by atoms with Crippen LogP contribution in [0.2, 0.25) is 0 Å². The Kier molecular flexibility index (Phi) is 3.93. The van der Waals surface area contributed by atoms with E-state index < -0.39 is 10.1 Å². The van der Waals surface area contributed by atoms with Crippen LogP contribution in [-0.4, -0.2) is 61.7 Å². The lowest BCUT2D eigenvalue weighted by Crippen LogP contribution is -2.41. The third-order valence-corrected chi connectivity index (χ3v) is 2.92. The van der Waals surface area contributed by atoms with Crippen LogP contribution in [0.3, 0.4) is 0 Å². The highest BCUT2D eigenvalue weighted by atomic mass is 16.7. The summed E-state index contributed by atoms with van der Waals surface area (Å²) < 4.78 is 4.55. The standard InChI is InChI=1S/C8H13N7O5/c1-7-8(10-20-9-7)4-11-5-12(14(16)17)2-3-13(6-11)15(18)19/h2-6H2,1H3. The van der Waals surface area contributed by atoms with E-state index in [0.717, 1.165) is 10.0 Å². The van der Waals surface area contributed by atoms with Gasteiger partial charge in [-0.05, 0) is 6.92 Å². The molecule has 12 nitrogen and oxygen atoms in total. The largest absolute Gasteiger partial charge is 0.252 e. The Bertz CT molecular complexity index is 481. The van der Waals surface area contributed by atoms with Gasteiger partial charge in [0.1, 0.15) is 37.8 Å². The van der Waals surface area contributed by atoms with Crippen molar-refractivity contribution >= 4 is 0 Å². The number of aryl methyl sites for hydroxylation is 1. The minimum atomic E-state index is -0.565. The Morgan fingerprint density at radius 1 is 1.15 bits per heavy atom. The highest BCUT2D eigenvalue weighted by Crippen LogP contribution is 2.10. The number of hydrogen-bond acceptors (Lipinski definition) is 8. The van der Waals surface area contributed by atoms with E-state index in [1.807, 2.05) is 0 Å². The minimum Gasteiger partial charge on any atom is -0.252 e. The predicted molar refractivity (Wildman–Crippen MR) is 61.7 cm³/mol. The molecule has 110 valence electrons. The first kappa shape index (κ1) is 13.9. The minimum absolute atomic E-state index is 0.0273. The first-order valence-corrected chi connectivity index (χ1v) is 5.76. The predicted octanol–water partition coefficient (Wildman–Crippen LogP) is -0.904. The first-order chi connectivity index (χ1) is 9.47. The van der Waals surface area contributed by atoms with Crippen molar-refractivity contribution in [2.75, 3.05) is 26.4 Å². The number of hydrogen-bond donors (Lipinski definition) is 0. The molecule has 0 amide bonds. The molecule has 0 radical (unpaired) electrons. The van der Waals surface area contributed by atoms with Gasteiger partial charge in [-0.2, -0.15) is 0 Å². The maximum atomic E-state index is 10.9. The van der Waals surface area contributed by atoms with Crippen LogP contribution < -0.4 is 0 Å². The Morgan fingerprint density at radius 2 is 1.70 bits per heavy atom. The molecular formula is C8H13N7O5. The molecule has 1 aliphatic heterocycles. The van der Waals surface area contributed by atoms with E-state index in [4.69, 9.17) is 0 Å². The van der Waals surface area contributed by atoms with Crippen molar-refractivity contribution in [2.24, 2.45) is 0 Å². The van der Waals surface area contributed by atoms with Crippen molar-refractivity contribution in [1.29, 1.82) is 0 Å². The molecule has 1 fully saturated rings. The maximum absolute atomic E-state index is 10.9. The molecule has 1 aromatic heterocycles. The van der Waals surface area contributed by atoms with E-state index in [1.165, 1.54) is 4.90 Å². The number of hydrazine groups is 2. The third-order valence-electron chi connectivity index (χ3n) is 2.92. The molecule has 20 heavy (non-hydrogen) atoms. The monoisotopic (exact) mass is 287 g/mol. The molecule has 1 aromatic rings. The molecule has 1 saturated heterocycles. The molecule has 12 heteroatoms. The lowest BCUT2D eigenvalue weighted by Gasteiger charge is -2.21. The summed E-state index contributed by atoms with van der Waals surface area (Å²) in [5.41, 5.74) is 1.05. The van der Waals surface area contributed by atoms with Crippen LogP contribution >= 0.6 is 0 Å². The number of nitro groups is 2. The Morgan fingerprint density at radius 3 is 2.10 bits per heavy atom. The van der Waals surface area contributed by atoms with Crippen molar-refractivity contribution in [2.45, 2.75) is 13.5 Å². The van der Waals surface area contributed by atoms with E-state index in [2.05, 4.69) is 14.9 Å². The fraction of sp³-hybridized carbons (Fsp3) is 0.750. The van der Waals surface area contributed by atoms with Crippen LogP contribution in [-0.2, 0) is 6.54 Å². The summed E-state index contributed by atoms with van der Waals surface area (Å²) in [5.74, 6) is 0. The van der Waals surface area contributed by atoms with Gasteiger partial charge in [0.25, 0.3) is 0 Å². The zero-order valence-corrected chi connectivity index (χ0v) is 10.7. The summed E-state index contributed by atoms with van der Waals surface area (Å²) in [4.78, 5) is 23.3. The van der Waals surface area contributed by atoms with Gasteiger partial charge in [0, 0.05) is 6.54 Å². The molecule has 0 spiro atoms. The van der Waals surface area contributed by atoms with Crippen molar-refractivity contribution in [1.82, 2.24) is 25.2 Å². The molecule has 1 aliphatic rings. The van der Waals surface area contributed by atoms with E-state index in [0.29, 0.717) is 11.4 Å². The smallest absolute Gasteiger partial charge is 0.161 e. The van der Waals surface area contributed by atoms with Gasteiger partial charge in [0.2, 0.25) is 0 Å². The maximum Gasteiger partial charge on any atom is 0.161 e. The molecule has 0 unspecified atom stereocenters. The van der Waals surface area contributed by atoms with Crippen LogP contribution in [0.15, 0.2) is 4.63 Å². The van der Waals surface area contributed by atoms with Crippen LogP contribution in [0.4, 0.5) is 0 Å². The molecular weight excluding hydrogens is 274 g/mol. The van der Waals surface area contributed by atoms with Crippen molar-refractivity contribution in [3.63, 3.8) is 0 Å². The van der Waals surface area contributed by atoms with Gasteiger partial charge in [-0.15, -0.1) is 10.0 Å². The molecule has 0 atom stereocenters. The van der Waals surface area contributed by atoms with Crippen LogP contribution in [0.5, 0.6) is 0 Å². The second-order valence-corrected chi connectivity index (χ2v) is 4.34. The summed E-state index contributed by atoms with van der Waals surface area (Å²) in [5, 5.41) is 29.7. The highest BCUT2D eigenvalue weighted by Gasteiger charge is 2.30. The van der Waals surface area contributed by atoms with Gasteiger partial charge in [0.15, 0.2) is 10.1 Å².